The normalized spacial score (nSPS) is 12.6. The fourth-order valence-electron chi connectivity index (χ4n) is 0.777. The van der Waals surface area contributed by atoms with Crippen LogP contribution in [-0.2, 0) is 9.53 Å². The third kappa shape index (κ3) is 5.43. The van der Waals surface area contributed by atoms with Crippen LogP contribution in [0.1, 0.15) is 19.8 Å². The smallest absolute Gasteiger partial charge is 0.334 e. The number of carbonyl (C=O) groups is 1. The van der Waals surface area contributed by atoms with E-state index >= 15 is 0 Å². The van der Waals surface area contributed by atoms with Gasteiger partial charge in [0, 0.05) is 0 Å². The quantitative estimate of drug-likeness (QED) is 0.505. The molecule has 0 saturated carbocycles. The Morgan fingerprint density at radius 2 is 2.33 bits per heavy atom. The van der Waals surface area contributed by atoms with E-state index in [2.05, 4.69) is 4.74 Å². The van der Waals surface area contributed by atoms with Crippen molar-refractivity contribution in [2.75, 3.05) is 18.6 Å². The molecule has 0 fully saturated rings. The van der Waals surface area contributed by atoms with Crippen molar-refractivity contribution < 1.29 is 14.6 Å². The fraction of sp³-hybridized carbons (Fsp3) is 0.875. The lowest BCUT2D eigenvalue weighted by Gasteiger charge is -2.08. The van der Waals surface area contributed by atoms with Gasteiger partial charge in [-0.05, 0) is 31.8 Å². The van der Waals surface area contributed by atoms with E-state index in [1.165, 1.54) is 0 Å². The maximum atomic E-state index is 10.9. The topological polar surface area (TPSA) is 46.5 Å². The van der Waals surface area contributed by atoms with Gasteiger partial charge in [0.15, 0.2) is 6.10 Å². The summed E-state index contributed by atoms with van der Waals surface area (Å²) in [5.41, 5.74) is 0. The number of aliphatic hydroxyl groups is 1. The SMILES string of the molecule is CCOC(=O)C(O)CCCSC. The molecule has 12 heavy (non-hydrogen) atoms. The van der Waals surface area contributed by atoms with Crippen molar-refractivity contribution in [1.82, 2.24) is 0 Å². The van der Waals surface area contributed by atoms with Crippen LogP contribution in [0.15, 0.2) is 0 Å². The van der Waals surface area contributed by atoms with Crippen LogP contribution in [0.25, 0.3) is 0 Å². The van der Waals surface area contributed by atoms with Gasteiger partial charge in [-0.2, -0.15) is 11.8 Å². The molecular formula is C8H16O3S. The van der Waals surface area contributed by atoms with Crippen LogP contribution >= 0.6 is 11.8 Å². The molecule has 0 bridgehead atoms. The summed E-state index contributed by atoms with van der Waals surface area (Å²) in [6, 6.07) is 0. The molecule has 1 atom stereocenters. The Morgan fingerprint density at radius 3 is 2.83 bits per heavy atom. The summed E-state index contributed by atoms with van der Waals surface area (Å²) >= 11 is 1.71. The molecule has 0 aromatic carbocycles. The highest BCUT2D eigenvalue weighted by Crippen LogP contribution is 2.04. The summed E-state index contributed by atoms with van der Waals surface area (Å²) in [6.45, 7) is 2.06. The summed E-state index contributed by atoms with van der Waals surface area (Å²) in [5, 5.41) is 9.19. The number of ether oxygens (including phenoxy) is 1. The first-order valence-corrected chi connectivity index (χ1v) is 5.45. The van der Waals surface area contributed by atoms with Crippen molar-refractivity contribution in [2.45, 2.75) is 25.9 Å². The Kier molecular flexibility index (Phi) is 7.29. The average Bonchev–Trinajstić information content (AvgIpc) is 2.05. The van der Waals surface area contributed by atoms with Gasteiger partial charge >= 0.3 is 5.97 Å². The van der Waals surface area contributed by atoms with Crippen LogP contribution < -0.4 is 0 Å². The molecular weight excluding hydrogens is 176 g/mol. The van der Waals surface area contributed by atoms with E-state index in [1.54, 1.807) is 18.7 Å². The lowest BCUT2D eigenvalue weighted by atomic mass is 10.2. The van der Waals surface area contributed by atoms with E-state index in [9.17, 15) is 9.90 Å². The number of rotatable bonds is 6. The zero-order valence-electron chi connectivity index (χ0n) is 7.58. The monoisotopic (exact) mass is 192 g/mol. The Morgan fingerprint density at radius 1 is 1.67 bits per heavy atom. The van der Waals surface area contributed by atoms with Gasteiger partial charge in [0.05, 0.1) is 6.61 Å². The zero-order valence-corrected chi connectivity index (χ0v) is 8.39. The molecule has 0 aromatic heterocycles. The maximum absolute atomic E-state index is 10.9. The molecule has 0 aliphatic carbocycles. The van der Waals surface area contributed by atoms with Gasteiger partial charge in [0.2, 0.25) is 0 Å². The molecule has 72 valence electrons. The molecule has 0 aliphatic heterocycles. The first-order chi connectivity index (χ1) is 5.72. The number of hydrogen-bond acceptors (Lipinski definition) is 4. The van der Waals surface area contributed by atoms with Gasteiger partial charge < -0.3 is 9.84 Å². The van der Waals surface area contributed by atoms with Crippen molar-refractivity contribution in [3.63, 3.8) is 0 Å². The van der Waals surface area contributed by atoms with Crippen LogP contribution in [0.2, 0.25) is 0 Å². The van der Waals surface area contributed by atoms with Crippen molar-refractivity contribution in [3.8, 4) is 0 Å². The van der Waals surface area contributed by atoms with Gasteiger partial charge in [0.25, 0.3) is 0 Å². The second-order valence-electron chi connectivity index (χ2n) is 2.40. The first-order valence-electron chi connectivity index (χ1n) is 4.06. The van der Waals surface area contributed by atoms with E-state index < -0.39 is 12.1 Å². The van der Waals surface area contributed by atoms with Crippen LogP contribution in [0.3, 0.4) is 0 Å². The number of thioether (sulfide) groups is 1. The number of hydrogen-bond donors (Lipinski definition) is 1. The molecule has 0 spiro atoms. The minimum Gasteiger partial charge on any atom is -0.464 e. The van der Waals surface area contributed by atoms with Crippen LogP contribution in [-0.4, -0.2) is 35.8 Å². The van der Waals surface area contributed by atoms with Gasteiger partial charge in [0.1, 0.15) is 0 Å². The lowest BCUT2D eigenvalue weighted by molar-refractivity contribution is -0.153. The standard InChI is InChI=1S/C8H16O3S/c1-3-11-8(10)7(9)5-4-6-12-2/h7,9H,3-6H2,1-2H3. The van der Waals surface area contributed by atoms with E-state index in [4.69, 9.17) is 0 Å². The van der Waals surface area contributed by atoms with Crippen molar-refractivity contribution in [3.05, 3.63) is 0 Å². The molecule has 0 heterocycles. The molecule has 1 N–H and O–H groups in total. The third-order valence-corrected chi connectivity index (χ3v) is 2.08. The Bertz CT molecular complexity index is 127. The fourth-order valence-corrected chi connectivity index (χ4v) is 1.23. The van der Waals surface area contributed by atoms with Crippen molar-refractivity contribution >= 4 is 17.7 Å². The predicted octanol–water partition coefficient (Wildman–Crippen LogP) is 1.05. The van der Waals surface area contributed by atoms with Crippen LogP contribution in [0.5, 0.6) is 0 Å². The zero-order chi connectivity index (χ0) is 9.40. The van der Waals surface area contributed by atoms with Gasteiger partial charge in [-0.1, -0.05) is 0 Å². The van der Waals surface area contributed by atoms with Crippen LogP contribution in [0, 0.1) is 0 Å². The van der Waals surface area contributed by atoms with Crippen molar-refractivity contribution in [2.24, 2.45) is 0 Å². The molecule has 0 aromatic rings. The van der Waals surface area contributed by atoms with Gasteiger partial charge in [-0.3, -0.25) is 0 Å². The number of aliphatic hydroxyl groups excluding tert-OH is 1. The highest BCUT2D eigenvalue weighted by Gasteiger charge is 2.14. The molecule has 0 aliphatic rings. The van der Waals surface area contributed by atoms with Gasteiger partial charge in [-0.25, -0.2) is 4.79 Å². The predicted molar refractivity (Wildman–Crippen MR) is 50.3 cm³/mol. The largest absolute Gasteiger partial charge is 0.464 e. The summed E-state index contributed by atoms with van der Waals surface area (Å²) in [4.78, 5) is 10.9. The lowest BCUT2D eigenvalue weighted by Crippen LogP contribution is -2.23. The minimum atomic E-state index is -0.933. The van der Waals surface area contributed by atoms with Gasteiger partial charge in [-0.15, -0.1) is 0 Å². The Hall–Kier alpha value is -0.220. The number of carbonyl (C=O) groups excluding carboxylic acids is 1. The van der Waals surface area contributed by atoms with Crippen molar-refractivity contribution in [1.29, 1.82) is 0 Å². The summed E-state index contributed by atoms with van der Waals surface area (Å²) in [5.74, 6) is 0.467. The Balaban J connectivity index is 3.42. The second-order valence-corrected chi connectivity index (χ2v) is 3.39. The Labute approximate surface area is 77.5 Å². The molecule has 0 radical (unpaired) electrons. The third-order valence-electron chi connectivity index (χ3n) is 1.38. The van der Waals surface area contributed by atoms with Crippen LogP contribution in [0.4, 0.5) is 0 Å². The summed E-state index contributed by atoms with van der Waals surface area (Å²) in [7, 11) is 0. The molecule has 4 heteroatoms. The highest BCUT2D eigenvalue weighted by atomic mass is 32.2. The number of esters is 1. The van der Waals surface area contributed by atoms with E-state index in [-0.39, 0.29) is 0 Å². The second kappa shape index (κ2) is 7.43. The highest BCUT2D eigenvalue weighted by molar-refractivity contribution is 7.98. The summed E-state index contributed by atoms with van der Waals surface area (Å²) < 4.78 is 4.64. The summed E-state index contributed by atoms with van der Waals surface area (Å²) in [6.07, 6.45) is 2.41. The molecule has 0 amide bonds. The maximum Gasteiger partial charge on any atom is 0.334 e. The first kappa shape index (κ1) is 11.8. The average molecular weight is 192 g/mol. The molecule has 0 saturated heterocycles. The molecule has 3 nitrogen and oxygen atoms in total. The molecule has 1 unspecified atom stereocenters. The van der Waals surface area contributed by atoms with E-state index in [0.717, 1.165) is 12.2 Å². The van der Waals surface area contributed by atoms with E-state index in [1.807, 2.05) is 6.26 Å². The molecule has 0 rings (SSSR count). The van der Waals surface area contributed by atoms with E-state index in [0.29, 0.717) is 13.0 Å². The minimum absolute atomic E-state index is 0.332.